The van der Waals surface area contributed by atoms with E-state index in [0.717, 1.165) is 38.5 Å². The summed E-state index contributed by atoms with van der Waals surface area (Å²) >= 11 is 0. The molecule has 1 fully saturated rings. The number of hydrogen-bond donors (Lipinski definition) is 2. The van der Waals surface area contributed by atoms with Crippen molar-refractivity contribution in [2.24, 2.45) is 5.41 Å². The lowest BCUT2D eigenvalue weighted by Gasteiger charge is -2.36. The van der Waals surface area contributed by atoms with Crippen molar-refractivity contribution in [1.29, 1.82) is 0 Å². The van der Waals surface area contributed by atoms with Gasteiger partial charge in [0, 0.05) is 0 Å². The van der Waals surface area contributed by atoms with Crippen molar-refractivity contribution in [3.8, 4) is 0 Å². The second-order valence-electron chi connectivity index (χ2n) is 5.61. The number of carbonyl (C=O) groups is 1. The van der Waals surface area contributed by atoms with Gasteiger partial charge in [0.2, 0.25) is 0 Å². The minimum Gasteiger partial charge on any atom is -0.481 e. The molecule has 0 aromatic carbocycles. The van der Waals surface area contributed by atoms with E-state index in [1.165, 1.54) is 0 Å². The predicted molar refractivity (Wildman–Crippen MR) is 67.9 cm³/mol. The van der Waals surface area contributed by atoms with Crippen LogP contribution in [-0.2, 0) is 4.79 Å². The summed E-state index contributed by atoms with van der Waals surface area (Å²) in [6.07, 6.45) is 7.37. The van der Waals surface area contributed by atoms with Crippen LogP contribution in [0.5, 0.6) is 0 Å². The molecular weight excluding hydrogens is 216 g/mol. The monoisotopic (exact) mass is 242 g/mol. The van der Waals surface area contributed by atoms with Gasteiger partial charge in [-0.2, -0.15) is 0 Å². The van der Waals surface area contributed by atoms with Gasteiger partial charge >= 0.3 is 5.97 Å². The fraction of sp³-hybridized carbons (Fsp3) is 0.929. The van der Waals surface area contributed by atoms with Crippen LogP contribution in [0.15, 0.2) is 0 Å². The Kier molecular flexibility index (Phi) is 4.99. The Morgan fingerprint density at radius 3 is 1.94 bits per heavy atom. The zero-order chi connectivity index (χ0) is 12.9. The summed E-state index contributed by atoms with van der Waals surface area (Å²) in [7, 11) is 0. The first-order chi connectivity index (χ1) is 7.98. The quantitative estimate of drug-likeness (QED) is 0.727. The summed E-state index contributed by atoms with van der Waals surface area (Å²) in [4.78, 5) is 11.6. The van der Waals surface area contributed by atoms with Crippen molar-refractivity contribution in [3.05, 3.63) is 0 Å². The molecule has 0 spiro atoms. The maximum Gasteiger partial charge on any atom is 0.309 e. The molecule has 1 aliphatic rings. The summed E-state index contributed by atoms with van der Waals surface area (Å²) in [5.41, 5.74) is -1.49. The molecule has 0 bridgehead atoms. The molecule has 17 heavy (non-hydrogen) atoms. The molecule has 1 saturated carbocycles. The molecule has 0 heterocycles. The third-order valence-electron chi connectivity index (χ3n) is 4.50. The fourth-order valence-electron chi connectivity index (χ4n) is 3.00. The van der Waals surface area contributed by atoms with Crippen molar-refractivity contribution in [2.75, 3.05) is 0 Å². The second kappa shape index (κ2) is 5.85. The van der Waals surface area contributed by atoms with Crippen LogP contribution >= 0.6 is 0 Å². The lowest BCUT2D eigenvalue weighted by atomic mass is 9.70. The van der Waals surface area contributed by atoms with Gasteiger partial charge in [-0.25, -0.2) is 0 Å². The van der Waals surface area contributed by atoms with Crippen LogP contribution in [0.1, 0.15) is 71.6 Å². The summed E-state index contributed by atoms with van der Waals surface area (Å²) in [5, 5.41) is 20.0. The highest BCUT2D eigenvalue weighted by atomic mass is 16.4. The number of carboxylic acids is 1. The van der Waals surface area contributed by atoms with Crippen molar-refractivity contribution in [3.63, 3.8) is 0 Å². The van der Waals surface area contributed by atoms with Crippen LogP contribution in [0, 0.1) is 5.41 Å². The predicted octanol–water partition coefficient (Wildman–Crippen LogP) is 3.35. The maximum atomic E-state index is 11.6. The van der Waals surface area contributed by atoms with Gasteiger partial charge in [-0.3, -0.25) is 4.79 Å². The van der Waals surface area contributed by atoms with Crippen LogP contribution in [-0.4, -0.2) is 21.8 Å². The molecule has 0 amide bonds. The molecule has 0 aromatic heterocycles. The highest BCUT2D eigenvalue weighted by Crippen LogP contribution is 2.43. The summed E-state index contributed by atoms with van der Waals surface area (Å²) in [5.74, 6) is -0.709. The molecule has 100 valence electrons. The Balaban J connectivity index is 2.87. The Morgan fingerprint density at radius 1 is 1.12 bits per heavy atom. The molecule has 3 heteroatoms. The van der Waals surface area contributed by atoms with Crippen molar-refractivity contribution >= 4 is 5.97 Å². The van der Waals surface area contributed by atoms with E-state index >= 15 is 0 Å². The zero-order valence-corrected chi connectivity index (χ0v) is 11.2. The average molecular weight is 242 g/mol. The van der Waals surface area contributed by atoms with Crippen LogP contribution in [0.2, 0.25) is 0 Å². The van der Waals surface area contributed by atoms with Crippen LogP contribution in [0.4, 0.5) is 0 Å². The van der Waals surface area contributed by atoms with Gasteiger partial charge in [0.05, 0.1) is 11.0 Å². The molecule has 2 N–H and O–H groups in total. The molecule has 1 aliphatic carbocycles. The molecule has 0 aliphatic heterocycles. The molecule has 0 aromatic rings. The van der Waals surface area contributed by atoms with E-state index in [9.17, 15) is 15.0 Å². The topological polar surface area (TPSA) is 57.5 Å². The first kappa shape index (κ1) is 14.5. The second-order valence-corrected chi connectivity index (χ2v) is 5.61. The third-order valence-corrected chi connectivity index (χ3v) is 4.50. The van der Waals surface area contributed by atoms with Crippen molar-refractivity contribution in [2.45, 2.75) is 77.2 Å². The summed E-state index contributed by atoms with van der Waals surface area (Å²) in [6.45, 7) is 3.88. The van der Waals surface area contributed by atoms with E-state index in [1.807, 2.05) is 13.8 Å². The van der Waals surface area contributed by atoms with Crippen molar-refractivity contribution in [1.82, 2.24) is 0 Å². The first-order valence-corrected chi connectivity index (χ1v) is 6.94. The van der Waals surface area contributed by atoms with E-state index < -0.39 is 17.0 Å². The number of aliphatic hydroxyl groups is 1. The smallest absolute Gasteiger partial charge is 0.309 e. The molecule has 0 atom stereocenters. The zero-order valence-electron chi connectivity index (χ0n) is 11.2. The third kappa shape index (κ3) is 3.44. The Hall–Kier alpha value is -0.570. The molecule has 0 unspecified atom stereocenters. The maximum absolute atomic E-state index is 11.6. The van der Waals surface area contributed by atoms with Crippen LogP contribution in [0.3, 0.4) is 0 Å². The molecule has 3 nitrogen and oxygen atoms in total. The van der Waals surface area contributed by atoms with Gasteiger partial charge < -0.3 is 10.2 Å². The fourth-order valence-corrected chi connectivity index (χ4v) is 3.00. The van der Waals surface area contributed by atoms with Crippen LogP contribution < -0.4 is 0 Å². The minimum absolute atomic E-state index is 0.419. The van der Waals surface area contributed by atoms with Gasteiger partial charge in [-0.1, -0.05) is 39.5 Å². The number of aliphatic carboxylic acids is 1. The number of rotatable bonds is 5. The molecule has 0 radical (unpaired) electrons. The SMILES string of the molecule is CCC(O)(CC)CC1(C(=O)O)CCCCCC1. The Morgan fingerprint density at radius 2 is 1.59 bits per heavy atom. The Labute approximate surface area is 104 Å². The van der Waals surface area contributed by atoms with Crippen molar-refractivity contribution < 1.29 is 15.0 Å². The summed E-state index contributed by atoms with van der Waals surface area (Å²) < 4.78 is 0. The van der Waals surface area contributed by atoms with E-state index in [1.54, 1.807) is 0 Å². The van der Waals surface area contributed by atoms with E-state index in [2.05, 4.69) is 0 Å². The largest absolute Gasteiger partial charge is 0.481 e. The minimum atomic E-state index is -0.803. The van der Waals surface area contributed by atoms with Gasteiger partial charge in [-0.05, 0) is 32.1 Å². The normalized spacial score (nSPS) is 20.9. The highest BCUT2D eigenvalue weighted by Gasteiger charge is 2.44. The van der Waals surface area contributed by atoms with E-state index in [-0.39, 0.29) is 0 Å². The van der Waals surface area contributed by atoms with Gasteiger partial charge in [0.25, 0.3) is 0 Å². The van der Waals surface area contributed by atoms with E-state index in [0.29, 0.717) is 19.3 Å². The summed E-state index contributed by atoms with van der Waals surface area (Å²) in [6, 6.07) is 0. The first-order valence-electron chi connectivity index (χ1n) is 6.94. The van der Waals surface area contributed by atoms with Gasteiger partial charge in [0.15, 0.2) is 0 Å². The number of hydrogen-bond acceptors (Lipinski definition) is 2. The van der Waals surface area contributed by atoms with E-state index in [4.69, 9.17) is 0 Å². The Bertz CT molecular complexity index is 248. The lowest BCUT2D eigenvalue weighted by molar-refractivity contribution is -0.155. The van der Waals surface area contributed by atoms with Gasteiger partial charge in [0.1, 0.15) is 0 Å². The highest BCUT2D eigenvalue weighted by molar-refractivity contribution is 5.74. The molecule has 0 saturated heterocycles. The average Bonchev–Trinajstić information content (AvgIpc) is 2.55. The molecule has 1 rings (SSSR count). The van der Waals surface area contributed by atoms with Gasteiger partial charge in [-0.15, -0.1) is 0 Å². The molecular formula is C14H26O3. The number of carboxylic acid groups (broad SMARTS) is 1. The standard InChI is InChI=1S/C14H26O3/c1-3-14(17,4-2)11-13(12(15)16)9-7-5-6-8-10-13/h17H,3-11H2,1-2H3,(H,15,16). The van der Waals surface area contributed by atoms with Crippen LogP contribution in [0.25, 0.3) is 0 Å². The lowest BCUT2D eigenvalue weighted by Crippen LogP contribution is -2.41.